The SMILES string of the molecule is COc1cc(C2C3=CCC4C(=O)N(c5cc(C(F)(F)F)cc(C(F)(F)F)c5)C(=O)C4C3CC3C(=O)N(c4ccccc4)C(=O)C32C)cc(I)c1O. The molecule has 0 radical (unpaired) electrons. The van der Waals surface area contributed by atoms with Gasteiger partial charge in [-0.2, -0.15) is 26.3 Å². The van der Waals surface area contributed by atoms with E-state index in [1.54, 1.807) is 49.4 Å². The standard InChI is InChI=1S/C36H27F6IN2O6/c1-34-24(31(48)45(33(34)50)19-6-4-3-5-7-19)15-23-21(28(34)16-10-25(43)29(46)26(11-16)51-2)8-9-22-27(23)32(49)44(30(22)47)20-13-17(35(37,38)39)12-18(14-20)36(40,41)42/h3-8,10-14,22-24,27-28,46H,9,15H2,1-2H3. The molecule has 3 fully saturated rings. The number of phenols is 1. The number of nitrogens with zero attached hydrogens (tertiary/aromatic N) is 2. The third-order valence-electron chi connectivity index (χ3n) is 10.7. The van der Waals surface area contributed by atoms with Gasteiger partial charge in [-0.15, -0.1) is 0 Å². The molecule has 7 rings (SSSR count). The van der Waals surface area contributed by atoms with Crippen LogP contribution in [0.1, 0.15) is 42.4 Å². The summed E-state index contributed by atoms with van der Waals surface area (Å²) in [5.41, 5.74) is -4.35. The Labute approximate surface area is 300 Å². The molecule has 4 amide bonds. The number of methoxy groups -OCH3 is 1. The normalized spacial score (nSPS) is 27.7. The molecule has 15 heteroatoms. The molecule has 0 aromatic heterocycles. The van der Waals surface area contributed by atoms with Crippen molar-refractivity contribution in [2.45, 2.75) is 38.0 Å². The van der Waals surface area contributed by atoms with Gasteiger partial charge in [0.15, 0.2) is 11.5 Å². The van der Waals surface area contributed by atoms with Crippen LogP contribution in [0, 0.1) is 32.7 Å². The minimum atomic E-state index is -5.22. The number of alkyl halides is 6. The summed E-state index contributed by atoms with van der Waals surface area (Å²) in [4.78, 5) is 58.4. The Morgan fingerprint density at radius 2 is 1.45 bits per heavy atom. The van der Waals surface area contributed by atoms with Gasteiger partial charge in [0.05, 0.1) is 56.4 Å². The van der Waals surface area contributed by atoms with Crippen LogP contribution >= 0.6 is 22.6 Å². The minimum absolute atomic E-state index is 0.0773. The van der Waals surface area contributed by atoms with E-state index in [-0.39, 0.29) is 30.4 Å². The van der Waals surface area contributed by atoms with Crippen molar-refractivity contribution >= 4 is 57.6 Å². The van der Waals surface area contributed by atoms with Crippen LogP contribution in [0.3, 0.4) is 0 Å². The van der Waals surface area contributed by atoms with E-state index in [1.807, 2.05) is 22.6 Å². The summed E-state index contributed by atoms with van der Waals surface area (Å²) in [5.74, 6) is -8.36. The molecule has 4 aliphatic rings. The van der Waals surface area contributed by atoms with Gasteiger partial charge in [-0.1, -0.05) is 29.8 Å². The van der Waals surface area contributed by atoms with Gasteiger partial charge >= 0.3 is 12.4 Å². The number of benzene rings is 3. The highest BCUT2D eigenvalue weighted by Gasteiger charge is 2.67. The molecular formula is C36H27F6IN2O6. The van der Waals surface area contributed by atoms with Gasteiger partial charge in [0.1, 0.15) is 0 Å². The Bertz CT molecular complexity index is 2020. The summed E-state index contributed by atoms with van der Waals surface area (Å²) in [5, 5.41) is 10.6. The molecule has 3 aromatic carbocycles. The van der Waals surface area contributed by atoms with Crippen molar-refractivity contribution in [1.82, 2.24) is 0 Å². The van der Waals surface area contributed by atoms with Crippen LogP contribution in [0.5, 0.6) is 11.5 Å². The summed E-state index contributed by atoms with van der Waals surface area (Å²) in [6.07, 6.45) is -8.94. The number of allylic oxidation sites excluding steroid dienone is 2. The summed E-state index contributed by atoms with van der Waals surface area (Å²) >= 11 is 1.89. The topological polar surface area (TPSA) is 104 Å². The van der Waals surface area contributed by atoms with E-state index in [2.05, 4.69) is 0 Å². The van der Waals surface area contributed by atoms with Crippen LogP contribution in [0.25, 0.3) is 0 Å². The molecule has 0 spiro atoms. The number of imide groups is 2. The molecule has 51 heavy (non-hydrogen) atoms. The number of halogens is 7. The fourth-order valence-corrected chi connectivity index (χ4v) is 9.08. The monoisotopic (exact) mass is 824 g/mol. The number of hydrogen-bond donors (Lipinski definition) is 1. The largest absolute Gasteiger partial charge is 0.504 e. The van der Waals surface area contributed by atoms with Gasteiger partial charge in [0.25, 0.3) is 0 Å². The zero-order valence-corrected chi connectivity index (χ0v) is 28.8. The number of ether oxygens (including phenoxy) is 1. The molecular weight excluding hydrogens is 797 g/mol. The van der Waals surface area contributed by atoms with Crippen molar-refractivity contribution < 1.29 is 55.4 Å². The average molecular weight is 825 g/mol. The Morgan fingerprint density at radius 1 is 0.824 bits per heavy atom. The quantitative estimate of drug-likeness (QED) is 0.127. The Kier molecular flexibility index (Phi) is 8.11. The zero-order chi connectivity index (χ0) is 36.9. The van der Waals surface area contributed by atoms with Crippen molar-refractivity contribution in [3.05, 3.63) is 92.6 Å². The van der Waals surface area contributed by atoms with Crippen molar-refractivity contribution in [2.24, 2.45) is 29.1 Å². The lowest BCUT2D eigenvalue weighted by atomic mass is 9.51. The number of hydrogen-bond acceptors (Lipinski definition) is 6. The first-order valence-electron chi connectivity index (χ1n) is 15.8. The third-order valence-corrected chi connectivity index (χ3v) is 11.5. The molecule has 2 aliphatic heterocycles. The number of carbonyl (C=O) groups excluding carboxylic acids is 4. The predicted molar refractivity (Wildman–Crippen MR) is 177 cm³/mol. The molecule has 2 heterocycles. The number of amides is 4. The highest BCUT2D eigenvalue weighted by Crippen LogP contribution is 2.64. The molecule has 2 aliphatic carbocycles. The number of rotatable bonds is 4. The van der Waals surface area contributed by atoms with E-state index in [1.165, 1.54) is 13.2 Å². The smallest absolute Gasteiger partial charge is 0.416 e. The molecule has 3 aromatic rings. The molecule has 8 nitrogen and oxygen atoms in total. The van der Waals surface area contributed by atoms with Gasteiger partial charge < -0.3 is 9.84 Å². The summed E-state index contributed by atoms with van der Waals surface area (Å²) in [6.45, 7) is 1.65. The fraction of sp³-hybridized carbons (Fsp3) is 0.333. The maximum Gasteiger partial charge on any atom is 0.416 e. The van der Waals surface area contributed by atoms with Crippen molar-refractivity contribution in [3.63, 3.8) is 0 Å². The van der Waals surface area contributed by atoms with Gasteiger partial charge in [0, 0.05) is 5.92 Å². The minimum Gasteiger partial charge on any atom is -0.504 e. The van der Waals surface area contributed by atoms with Gasteiger partial charge in [-0.25, -0.2) is 9.80 Å². The van der Waals surface area contributed by atoms with E-state index in [9.17, 15) is 50.6 Å². The second kappa shape index (κ2) is 11.8. The molecule has 266 valence electrons. The molecule has 1 saturated carbocycles. The van der Waals surface area contributed by atoms with Gasteiger partial charge in [0.2, 0.25) is 23.6 Å². The lowest BCUT2D eigenvalue weighted by molar-refractivity contribution is -0.143. The maximum atomic E-state index is 14.5. The first kappa shape index (κ1) is 35.0. The summed E-state index contributed by atoms with van der Waals surface area (Å²) < 4.78 is 88.4. The number of fused-ring (bicyclic) bond motifs is 4. The van der Waals surface area contributed by atoms with E-state index < -0.39 is 87.8 Å². The summed E-state index contributed by atoms with van der Waals surface area (Å²) in [7, 11) is 1.34. The Morgan fingerprint density at radius 3 is 2.04 bits per heavy atom. The lowest BCUT2D eigenvalue weighted by Crippen LogP contribution is -2.49. The van der Waals surface area contributed by atoms with Crippen molar-refractivity contribution in [2.75, 3.05) is 16.9 Å². The third kappa shape index (κ3) is 5.24. The van der Waals surface area contributed by atoms with Gasteiger partial charge in [-0.05, 0) is 96.3 Å². The molecule has 2 saturated heterocycles. The van der Waals surface area contributed by atoms with Crippen LogP contribution in [0.2, 0.25) is 0 Å². The average Bonchev–Trinajstić information content (AvgIpc) is 3.44. The van der Waals surface area contributed by atoms with Crippen molar-refractivity contribution in [1.29, 1.82) is 0 Å². The zero-order valence-electron chi connectivity index (χ0n) is 26.7. The number of aromatic hydroxyl groups is 1. The number of carbonyl (C=O) groups is 4. The number of anilines is 2. The summed E-state index contributed by atoms with van der Waals surface area (Å²) in [6, 6.07) is 12.0. The second-order valence-corrected chi connectivity index (χ2v) is 14.5. The number of para-hydroxylation sites is 1. The highest BCUT2D eigenvalue weighted by molar-refractivity contribution is 14.1. The van der Waals surface area contributed by atoms with Crippen LogP contribution in [0.4, 0.5) is 37.7 Å². The second-order valence-electron chi connectivity index (χ2n) is 13.3. The van der Waals surface area contributed by atoms with Crippen LogP contribution < -0.4 is 14.5 Å². The number of phenolic OH excluding ortho intramolecular Hbond substituents is 1. The Hall–Kier alpha value is -4.41. The van der Waals surface area contributed by atoms with E-state index in [0.29, 0.717) is 37.4 Å². The van der Waals surface area contributed by atoms with E-state index >= 15 is 0 Å². The molecule has 6 atom stereocenters. The molecule has 6 unspecified atom stereocenters. The van der Waals surface area contributed by atoms with Crippen molar-refractivity contribution in [3.8, 4) is 11.5 Å². The first-order valence-corrected chi connectivity index (χ1v) is 16.8. The van der Waals surface area contributed by atoms with Crippen LogP contribution in [0.15, 0.2) is 72.3 Å². The van der Waals surface area contributed by atoms with Crippen LogP contribution in [-0.2, 0) is 31.5 Å². The maximum absolute atomic E-state index is 14.5. The Balaban J connectivity index is 1.38. The van der Waals surface area contributed by atoms with Crippen LogP contribution in [-0.4, -0.2) is 35.8 Å². The fourth-order valence-electron chi connectivity index (χ4n) is 8.46. The van der Waals surface area contributed by atoms with Gasteiger partial charge in [-0.3, -0.25) is 19.2 Å². The molecule has 0 bridgehead atoms. The molecule has 1 N–H and O–H groups in total. The lowest BCUT2D eigenvalue weighted by Gasteiger charge is -2.49. The van der Waals surface area contributed by atoms with E-state index in [0.717, 1.165) is 4.90 Å². The predicted octanol–water partition coefficient (Wildman–Crippen LogP) is 7.48. The highest BCUT2D eigenvalue weighted by atomic mass is 127. The van der Waals surface area contributed by atoms with E-state index in [4.69, 9.17) is 4.74 Å². The first-order chi connectivity index (χ1) is 23.9.